The van der Waals surface area contributed by atoms with E-state index in [1.807, 2.05) is 0 Å². The highest BCUT2D eigenvalue weighted by Gasteiger charge is 2.54. The smallest absolute Gasteiger partial charge is 0.0726 e. The molecule has 0 N–H and O–H groups in total. The molecule has 0 radical (unpaired) electrons. The minimum atomic E-state index is -0.578. The number of nitrogens with zero attached hydrogens (tertiary/aromatic N) is 1. The minimum absolute atomic E-state index is 0.154. The molecule has 5 aliphatic carbocycles. The van der Waals surface area contributed by atoms with Crippen molar-refractivity contribution in [3.63, 3.8) is 0 Å². The van der Waals surface area contributed by atoms with E-state index in [1.165, 1.54) is 134 Å². The molecule has 17 rings (SSSR count). The highest BCUT2D eigenvalue weighted by molar-refractivity contribution is 5.99. The third-order valence-electron chi connectivity index (χ3n) is 18.7. The molecule has 0 unspecified atom stereocenters. The van der Waals surface area contributed by atoms with Gasteiger partial charge in [-0.15, -0.1) is 0 Å². The van der Waals surface area contributed by atoms with E-state index in [0.717, 1.165) is 17.1 Å². The SMILES string of the molecule is CC1(C)c2ccccc2-c2ccc(N(c3ccc(-c4ccccc4)cc3)c3ccc4c(c3)C3(c5ccccc5-c5ccccc53)c3cc(-c5ccc6c(c5)C5(c7ccccc7-c7ccccc75)c5ccccc5-6)ccc3-4)cc21. The van der Waals surface area contributed by atoms with E-state index in [0.29, 0.717) is 0 Å². The van der Waals surface area contributed by atoms with E-state index in [-0.39, 0.29) is 5.41 Å². The monoisotopic (exact) mass is 989 g/mol. The Labute approximate surface area is 456 Å². The third-order valence-corrected chi connectivity index (χ3v) is 18.7. The Kier molecular flexibility index (Phi) is 8.82. The lowest BCUT2D eigenvalue weighted by Gasteiger charge is -2.33. The van der Waals surface area contributed by atoms with E-state index >= 15 is 0 Å². The molecule has 0 atom stereocenters. The summed E-state index contributed by atoms with van der Waals surface area (Å²) < 4.78 is 0. The summed E-state index contributed by atoms with van der Waals surface area (Å²) in [5.74, 6) is 0. The van der Waals surface area contributed by atoms with Crippen LogP contribution in [0.25, 0.3) is 77.9 Å². The molecular formula is C77H51N. The van der Waals surface area contributed by atoms with Crippen molar-refractivity contribution in [3.05, 3.63) is 329 Å². The maximum absolute atomic E-state index is 2.56. The number of anilines is 3. The minimum Gasteiger partial charge on any atom is -0.310 e. The van der Waals surface area contributed by atoms with Gasteiger partial charge >= 0.3 is 0 Å². The molecule has 1 nitrogen and oxygen atoms in total. The van der Waals surface area contributed by atoms with Gasteiger partial charge in [0, 0.05) is 22.5 Å². The van der Waals surface area contributed by atoms with Crippen molar-refractivity contribution < 1.29 is 0 Å². The zero-order valence-corrected chi connectivity index (χ0v) is 43.4. The van der Waals surface area contributed by atoms with Crippen LogP contribution < -0.4 is 4.90 Å². The Morgan fingerprint density at radius 2 is 0.487 bits per heavy atom. The summed E-state index contributed by atoms with van der Waals surface area (Å²) in [6, 6.07) is 104. The second kappa shape index (κ2) is 15.8. The molecule has 0 saturated carbocycles. The molecule has 0 aliphatic heterocycles. The van der Waals surface area contributed by atoms with Gasteiger partial charge in [-0.3, -0.25) is 0 Å². The van der Waals surface area contributed by atoms with Crippen molar-refractivity contribution in [1.82, 2.24) is 0 Å². The van der Waals surface area contributed by atoms with Crippen molar-refractivity contribution in [2.45, 2.75) is 30.1 Å². The van der Waals surface area contributed by atoms with Crippen molar-refractivity contribution in [2.75, 3.05) is 4.90 Å². The van der Waals surface area contributed by atoms with Crippen LogP contribution in [-0.4, -0.2) is 0 Å². The molecule has 78 heavy (non-hydrogen) atoms. The van der Waals surface area contributed by atoms with Crippen LogP contribution in [0.3, 0.4) is 0 Å². The number of hydrogen-bond acceptors (Lipinski definition) is 1. The zero-order chi connectivity index (χ0) is 51.5. The van der Waals surface area contributed by atoms with E-state index in [9.17, 15) is 0 Å². The van der Waals surface area contributed by atoms with Gasteiger partial charge in [-0.05, 0) is 182 Å². The summed E-state index contributed by atoms with van der Waals surface area (Å²) in [5, 5.41) is 0. The van der Waals surface area contributed by atoms with Crippen LogP contribution in [-0.2, 0) is 16.2 Å². The summed E-state index contributed by atoms with van der Waals surface area (Å²) in [4.78, 5) is 2.50. The van der Waals surface area contributed by atoms with Crippen LogP contribution >= 0.6 is 0 Å². The average molecular weight is 990 g/mol. The normalized spacial score (nSPS) is 14.8. The van der Waals surface area contributed by atoms with Crippen LogP contribution in [0.1, 0.15) is 69.5 Å². The maximum Gasteiger partial charge on any atom is 0.0726 e. The Bertz CT molecular complexity index is 4420. The quantitative estimate of drug-likeness (QED) is 0.166. The largest absolute Gasteiger partial charge is 0.310 e. The molecule has 0 amide bonds. The van der Waals surface area contributed by atoms with E-state index in [2.05, 4.69) is 292 Å². The van der Waals surface area contributed by atoms with Gasteiger partial charge in [0.25, 0.3) is 0 Å². The first kappa shape index (κ1) is 43.7. The van der Waals surface area contributed by atoms with Gasteiger partial charge in [0.05, 0.1) is 10.8 Å². The van der Waals surface area contributed by atoms with Crippen LogP contribution in [0.15, 0.2) is 273 Å². The Hall–Kier alpha value is -9.56. The first-order valence-corrected chi connectivity index (χ1v) is 27.6. The number of hydrogen-bond donors (Lipinski definition) is 0. The molecule has 0 heterocycles. The van der Waals surface area contributed by atoms with Crippen molar-refractivity contribution in [3.8, 4) is 77.9 Å². The zero-order valence-electron chi connectivity index (χ0n) is 43.4. The first-order valence-electron chi connectivity index (χ1n) is 27.6. The third kappa shape index (κ3) is 5.55. The second-order valence-electron chi connectivity index (χ2n) is 22.6. The maximum atomic E-state index is 2.56. The summed E-state index contributed by atoms with van der Waals surface area (Å²) in [5.41, 5.74) is 33.7. The van der Waals surface area contributed by atoms with Gasteiger partial charge in [0.15, 0.2) is 0 Å². The summed E-state index contributed by atoms with van der Waals surface area (Å²) in [6.07, 6.45) is 0. The summed E-state index contributed by atoms with van der Waals surface area (Å²) in [7, 11) is 0. The molecule has 5 aliphatic rings. The molecule has 1 heteroatoms. The van der Waals surface area contributed by atoms with Crippen LogP contribution in [0.4, 0.5) is 17.1 Å². The summed E-state index contributed by atoms with van der Waals surface area (Å²) >= 11 is 0. The number of benzene rings is 12. The van der Waals surface area contributed by atoms with Crippen molar-refractivity contribution >= 4 is 17.1 Å². The predicted molar refractivity (Wildman–Crippen MR) is 322 cm³/mol. The molecule has 0 bridgehead atoms. The first-order chi connectivity index (χ1) is 38.4. The van der Waals surface area contributed by atoms with Gasteiger partial charge in [-0.1, -0.05) is 238 Å². The molecule has 0 saturated heterocycles. The van der Waals surface area contributed by atoms with Gasteiger partial charge < -0.3 is 4.90 Å². The fraction of sp³-hybridized carbons (Fsp3) is 0.0649. The summed E-state index contributed by atoms with van der Waals surface area (Å²) in [6.45, 7) is 4.76. The molecule has 12 aromatic carbocycles. The molecule has 2 spiro atoms. The van der Waals surface area contributed by atoms with Crippen LogP contribution in [0.2, 0.25) is 0 Å². The standard InChI is InChI=1S/C77H51N/c1-75(2)65-26-12-6-20-55(65)61-42-38-53(46-71(61)75)78(52-36-32-49(33-37-52)48-18-4-3-5-19-48)54-39-43-64-63-41-35-51(45-73(63)77(74(64)47-54)69-30-16-9-23-58(69)59-24-10-17-31-70(59)77)50-34-40-62-60-25-11-15-29-68(60)76(72(62)44-50)66-27-13-7-21-56(66)57-22-8-14-28-67(57)76/h3-47H,1-2H3. The van der Waals surface area contributed by atoms with Gasteiger partial charge in [-0.25, -0.2) is 0 Å². The van der Waals surface area contributed by atoms with E-state index in [4.69, 9.17) is 0 Å². The molecule has 0 aromatic heterocycles. The highest BCUT2D eigenvalue weighted by atomic mass is 15.1. The van der Waals surface area contributed by atoms with E-state index in [1.54, 1.807) is 0 Å². The fourth-order valence-electron chi connectivity index (χ4n) is 15.4. The average Bonchev–Trinajstić information content (AvgIpc) is 3.12. The lowest BCUT2D eigenvalue weighted by atomic mass is 9.69. The predicted octanol–water partition coefficient (Wildman–Crippen LogP) is 19.5. The fourth-order valence-corrected chi connectivity index (χ4v) is 15.4. The van der Waals surface area contributed by atoms with Crippen LogP contribution in [0, 0.1) is 0 Å². The van der Waals surface area contributed by atoms with Crippen LogP contribution in [0.5, 0.6) is 0 Å². The topological polar surface area (TPSA) is 3.24 Å². The van der Waals surface area contributed by atoms with E-state index < -0.39 is 10.8 Å². The Morgan fingerprint density at radius 1 is 0.205 bits per heavy atom. The van der Waals surface area contributed by atoms with Gasteiger partial charge in [0.2, 0.25) is 0 Å². The lowest BCUT2D eigenvalue weighted by Crippen LogP contribution is -2.26. The van der Waals surface area contributed by atoms with Gasteiger partial charge in [0.1, 0.15) is 0 Å². The van der Waals surface area contributed by atoms with Gasteiger partial charge in [-0.2, -0.15) is 0 Å². The molecule has 12 aromatic rings. The van der Waals surface area contributed by atoms with Crippen molar-refractivity contribution in [2.24, 2.45) is 0 Å². The number of fused-ring (bicyclic) bond motifs is 23. The Morgan fingerprint density at radius 3 is 0.936 bits per heavy atom. The molecule has 0 fully saturated rings. The highest BCUT2D eigenvalue weighted by Crippen LogP contribution is 2.66. The Balaban J connectivity index is 0.875. The second-order valence-corrected chi connectivity index (χ2v) is 22.6. The van der Waals surface area contributed by atoms with Crippen molar-refractivity contribution in [1.29, 1.82) is 0 Å². The molecule has 364 valence electrons. The molecular weight excluding hydrogens is 939 g/mol. The lowest BCUT2D eigenvalue weighted by molar-refractivity contribution is 0.660. The number of rotatable bonds is 5.